The van der Waals surface area contributed by atoms with E-state index >= 15 is 0 Å². The number of aliphatic carboxylic acids is 1. The molecule has 0 fully saturated rings. The van der Waals surface area contributed by atoms with Gasteiger partial charge in [0.2, 0.25) is 0 Å². The van der Waals surface area contributed by atoms with Crippen molar-refractivity contribution in [3.63, 3.8) is 0 Å². The molecular weight excluding hydrogens is 327 g/mol. The standard InChI is InChI=1S/C14H12BrFN2O2/c15-9-5-11-12(6-10(9)16)18-13(17-11)7-3-1-2-4-8(7)14(19)20/h1-2,5-8H,3-4H2,(H,17,18)(H,19,20)/t7-,8+/m1/s1. The highest BCUT2D eigenvalue weighted by molar-refractivity contribution is 9.10. The number of aromatic amines is 1. The molecule has 3 rings (SSSR count). The minimum atomic E-state index is -0.827. The van der Waals surface area contributed by atoms with E-state index in [0.717, 1.165) is 0 Å². The number of carbonyl (C=O) groups is 1. The number of nitrogens with zero attached hydrogens (tertiary/aromatic N) is 1. The highest BCUT2D eigenvalue weighted by atomic mass is 79.9. The van der Waals surface area contributed by atoms with E-state index in [-0.39, 0.29) is 11.7 Å². The Morgan fingerprint density at radius 2 is 2.15 bits per heavy atom. The lowest BCUT2D eigenvalue weighted by Gasteiger charge is -2.23. The fourth-order valence-electron chi connectivity index (χ4n) is 2.59. The molecule has 1 aromatic heterocycles. The molecule has 1 heterocycles. The maximum absolute atomic E-state index is 13.5. The summed E-state index contributed by atoms with van der Waals surface area (Å²) in [5.74, 6) is -1.28. The third-order valence-corrected chi connectivity index (χ3v) is 4.25. The predicted octanol–water partition coefficient (Wildman–Crippen LogP) is 3.60. The summed E-state index contributed by atoms with van der Waals surface area (Å²) >= 11 is 3.12. The van der Waals surface area contributed by atoms with Gasteiger partial charge in [0, 0.05) is 12.0 Å². The molecule has 1 aromatic carbocycles. The number of carboxylic acids is 1. The van der Waals surface area contributed by atoms with Crippen molar-refractivity contribution >= 4 is 32.9 Å². The normalized spacial score (nSPS) is 22.3. The number of nitrogens with one attached hydrogen (secondary N) is 1. The molecular formula is C14H12BrFN2O2. The van der Waals surface area contributed by atoms with Crippen LogP contribution in [0.5, 0.6) is 0 Å². The van der Waals surface area contributed by atoms with Gasteiger partial charge in [-0.3, -0.25) is 4.79 Å². The molecule has 0 radical (unpaired) electrons. The fraction of sp³-hybridized carbons (Fsp3) is 0.286. The second-order valence-corrected chi connectivity index (χ2v) is 5.75. The Balaban J connectivity index is 2.05. The van der Waals surface area contributed by atoms with Gasteiger partial charge in [-0.2, -0.15) is 0 Å². The molecule has 2 N–H and O–H groups in total. The first-order valence-electron chi connectivity index (χ1n) is 6.28. The molecule has 0 spiro atoms. The third kappa shape index (κ3) is 2.24. The van der Waals surface area contributed by atoms with Gasteiger partial charge in [0.15, 0.2) is 0 Å². The van der Waals surface area contributed by atoms with Gasteiger partial charge in [-0.05, 0) is 34.8 Å². The Hall–Kier alpha value is -1.69. The summed E-state index contributed by atoms with van der Waals surface area (Å²) in [6, 6.07) is 2.96. The maximum Gasteiger partial charge on any atom is 0.307 e. The SMILES string of the molecule is O=C(O)[C@H]1CC=CC[C@H]1c1nc2cc(Br)c(F)cc2[nH]1. The van der Waals surface area contributed by atoms with E-state index in [9.17, 15) is 14.3 Å². The number of hydrogen-bond acceptors (Lipinski definition) is 2. The Morgan fingerprint density at radius 3 is 2.90 bits per heavy atom. The monoisotopic (exact) mass is 338 g/mol. The average molecular weight is 339 g/mol. The van der Waals surface area contributed by atoms with Gasteiger partial charge in [-0.15, -0.1) is 0 Å². The number of rotatable bonds is 2. The number of fused-ring (bicyclic) bond motifs is 1. The zero-order valence-corrected chi connectivity index (χ0v) is 12.0. The van der Waals surface area contributed by atoms with Crippen LogP contribution in [0, 0.1) is 11.7 Å². The summed E-state index contributed by atoms with van der Waals surface area (Å²) in [6.45, 7) is 0. The van der Waals surface area contributed by atoms with E-state index in [2.05, 4.69) is 25.9 Å². The lowest BCUT2D eigenvalue weighted by atomic mass is 9.82. The number of aromatic nitrogens is 2. The van der Waals surface area contributed by atoms with Crippen molar-refractivity contribution in [1.82, 2.24) is 9.97 Å². The molecule has 0 bridgehead atoms. The number of H-pyrrole nitrogens is 1. The van der Waals surface area contributed by atoms with Crippen LogP contribution >= 0.6 is 15.9 Å². The van der Waals surface area contributed by atoms with E-state index in [0.29, 0.717) is 34.2 Å². The molecule has 0 amide bonds. The number of benzene rings is 1. The topological polar surface area (TPSA) is 66.0 Å². The molecule has 2 atom stereocenters. The predicted molar refractivity (Wildman–Crippen MR) is 76.0 cm³/mol. The molecule has 0 saturated carbocycles. The number of halogens is 2. The molecule has 2 aromatic rings. The van der Waals surface area contributed by atoms with Crippen molar-refractivity contribution in [1.29, 1.82) is 0 Å². The first-order chi connectivity index (χ1) is 9.56. The first kappa shape index (κ1) is 13.3. The molecule has 104 valence electrons. The summed E-state index contributed by atoms with van der Waals surface area (Å²) in [4.78, 5) is 18.8. The van der Waals surface area contributed by atoms with Crippen molar-refractivity contribution in [2.24, 2.45) is 5.92 Å². The fourth-order valence-corrected chi connectivity index (χ4v) is 2.92. The zero-order valence-electron chi connectivity index (χ0n) is 10.4. The van der Waals surface area contributed by atoms with Gasteiger partial charge in [0.05, 0.1) is 21.4 Å². The Bertz CT molecular complexity index is 672. The van der Waals surface area contributed by atoms with Crippen molar-refractivity contribution < 1.29 is 14.3 Å². The van der Waals surface area contributed by atoms with Crippen LogP contribution in [0.1, 0.15) is 24.6 Å². The number of imidazole rings is 1. The van der Waals surface area contributed by atoms with Crippen LogP contribution in [-0.2, 0) is 4.79 Å². The lowest BCUT2D eigenvalue weighted by Crippen LogP contribution is -2.24. The number of carboxylic acid groups (broad SMARTS) is 1. The summed E-state index contributed by atoms with van der Waals surface area (Å²) < 4.78 is 13.9. The van der Waals surface area contributed by atoms with E-state index < -0.39 is 11.9 Å². The Morgan fingerprint density at radius 1 is 1.40 bits per heavy atom. The Kier molecular flexibility index (Phi) is 3.33. The molecule has 6 heteroatoms. The largest absolute Gasteiger partial charge is 0.481 e. The van der Waals surface area contributed by atoms with Crippen molar-refractivity contribution in [3.8, 4) is 0 Å². The van der Waals surface area contributed by atoms with Crippen molar-refractivity contribution in [2.75, 3.05) is 0 Å². The second kappa shape index (κ2) is 5.01. The minimum absolute atomic E-state index is 0.202. The quantitative estimate of drug-likeness (QED) is 0.822. The maximum atomic E-state index is 13.5. The number of hydrogen-bond donors (Lipinski definition) is 2. The van der Waals surface area contributed by atoms with Crippen LogP contribution in [-0.4, -0.2) is 21.0 Å². The minimum Gasteiger partial charge on any atom is -0.481 e. The van der Waals surface area contributed by atoms with Gasteiger partial charge in [-0.1, -0.05) is 12.2 Å². The summed E-state index contributed by atoms with van der Waals surface area (Å²) in [6.07, 6.45) is 4.97. The van der Waals surface area contributed by atoms with Crippen molar-refractivity contribution in [2.45, 2.75) is 18.8 Å². The van der Waals surface area contributed by atoms with Gasteiger partial charge in [-0.25, -0.2) is 9.37 Å². The highest BCUT2D eigenvalue weighted by Gasteiger charge is 2.32. The summed E-state index contributed by atoms with van der Waals surface area (Å²) in [5.41, 5.74) is 1.21. The van der Waals surface area contributed by atoms with E-state index in [1.165, 1.54) is 6.07 Å². The van der Waals surface area contributed by atoms with E-state index in [1.54, 1.807) is 6.07 Å². The Labute approximate surface area is 122 Å². The van der Waals surface area contributed by atoms with Gasteiger partial charge in [0.1, 0.15) is 11.6 Å². The summed E-state index contributed by atoms with van der Waals surface area (Å²) in [7, 11) is 0. The van der Waals surface area contributed by atoms with Gasteiger partial charge >= 0.3 is 5.97 Å². The van der Waals surface area contributed by atoms with Gasteiger partial charge in [0.25, 0.3) is 0 Å². The van der Waals surface area contributed by atoms with Gasteiger partial charge < -0.3 is 10.1 Å². The zero-order chi connectivity index (χ0) is 14.3. The molecule has 0 unspecified atom stereocenters. The molecule has 0 saturated heterocycles. The van der Waals surface area contributed by atoms with Crippen molar-refractivity contribution in [3.05, 3.63) is 40.4 Å². The molecule has 1 aliphatic rings. The van der Waals surface area contributed by atoms with Crippen LogP contribution in [0.3, 0.4) is 0 Å². The molecule has 4 nitrogen and oxygen atoms in total. The van der Waals surface area contributed by atoms with Crippen LogP contribution in [0.2, 0.25) is 0 Å². The van der Waals surface area contributed by atoms with Crippen LogP contribution in [0.15, 0.2) is 28.8 Å². The van der Waals surface area contributed by atoms with Crippen LogP contribution < -0.4 is 0 Å². The molecule has 20 heavy (non-hydrogen) atoms. The molecule has 0 aliphatic heterocycles. The second-order valence-electron chi connectivity index (χ2n) is 4.90. The molecule has 1 aliphatic carbocycles. The highest BCUT2D eigenvalue weighted by Crippen LogP contribution is 2.34. The lowest BCUT2D eigenvalue weighted by molar-refractivity contribution is -0.142. The average Bonchev–Trinajstić information content (AvgIpc) is 2.82. The third-order valence-electron chi connectivity index (χ3n) is 3.64. The smallest absolute Gasteiger partial charge is 0.307 e. The van der Waals surface area contributed by atoms with Crippen LogP contribution in [0.4, 0.5) is 4.39 Å². The number of allylic oxidation sites excluding steroid dienone is 2. The van der Waals surface area contributed by atoms with Crippen LogP contribution in [0.25, 0.3) is 11.0 Å². The summed E-state index contributed by atoms with van der Waals surface area (Å²) in [5, 5.41) is 9.29. The van der Waals surface area contributed by atoms with E-state index in [4.69, 9.17) is 0 Å². The first-order valence-corrected chi connectivity index (χ1v) is 7.08. The van der Waals surface area contributed by atoms with E-state index in [1.807, 2.05) is 12.2 Å².